The number of fused-ring (bicyclic) bond motifs is 8. The number of aliphatic hydroxyl groups is 2. The van der Waals surface area contributed by atoms with Crippen molar-refractivity contribution in [2.24, 2.45) is 23.7 Å². The van der Waals surface area contributed by atoms with Crippen LogP contribution in [0.15, 0.2) is 80.0 Å². The minimum absolute atomic E-state index is 0.0290. The summed E-state index contributed by atoms with van der Waals surface area (Å²) in [6.07, 6.45) is 8.88. The van der Waals surface area contributed by atoms with E-state index in [9.17, 15) is 10.2 Å². The van der Waals surface area contributed by atoms with Gasteiger partial charge in [0.15, 0.2) is 0 Å². The lowest BCUT2D eigenvalue weighted by atomic mass is 9.73. The van der Waals surface area contributed by atoms with Crippen LogP contribution in [0, 0.1) is 23.7 Å². The third-order valence-corrected chi connectivity index (χ3v) is 11.8. The Hall–Kier alpha value is -3.62. The van der Waals surface area contributed by atoms with Crippen molar-refractivity contribution >= 4 is 21.8 Å². The van der Waals surface area contributed by atoms with Crippen LogP contribution in [0.4, 0.5) is 0 Å². The lowest BCUT2D eigenvalue weighted by Gasteiger charge is -2.50. The summed E-state index contributed by atoms with van der Waals surface area (Å²) < 4.78 is 5.61. The highest BCUT2D eigenvalue weighted by Crippen LogP contribution is 2.45. The molecule has 46 heavy (non-hydrogen) atoms. The highest BCUT2D eigenvalue weighted by atomic mass is 16.5. The van der Waals surface area contributed by atoms with Crippen molar-refractivity contribution in [1.29, 1.82) is 0 Å². The number of ether oxygens (including phenoxy) is 1. The number of piperidine rings is 6. The summed E-state index contributed by atoms with van der Waals surface area (Å²) >= 11 is 0. The second-order valence-corrected chi connectivity index (χ2v) is 14.0. The maximum atomic E-state index is 12.2. The van der Waals surface area contributed by atoms with Gasteiger partial charge in [0.2, 0.25) is 0 Å². The van der Waals surface area contributed by atoms with Crippen molar-refractivity contribution in [2.75, 3.05) is 33.3 Å². The SMILES string of the molecule is C=CC1CN2CCC1CC2[C@@H](O)c1cc(-c2cccc3nccc([C@H](O)C4CC5CCN4CC5C=C)c23)nc2ccc(OC)cc12. The van der Waals surface area contributed by atoms with Gasteiger partial charge in [-0.1, -0.05) is 24.3 Å². The van der Waals surface area contributed by atoms with Crippen LogP contribution in [0.3, 0.4) is 0 Å². The smallest absolute Gasteiger partial charge is 0.119 e. The standard InChI is InChI=1S/C39H44N4O3/c1-4-23-21-42-15-12-25(23)17-35(42)38(44)29-11-14-40-33-8-6-7-28(37(29)33)34-20-31(30-19-27(46-3)9-10-32(30)41-34)39(45)36-18-26-13-16-43(36)22-24(26)5-2/h4-11,14,19-20,23-26,35-36,38-39,44-45H,1-2,12-13,15-18,21-22H2,3H3/t23?,24?,25?,26?,35?,36?,38-,39-/m0/s1. The van der Waals surface area contributed by atoms with Gasteiger partial charge >= 0.3 is 0 Å². The quantitative estimate of drug-likeness (QED) is 0.224. The van der Waals surface area contributed by atoms with Crippen LogP contribution in [0.5, 0.6) is 5.75 Å². The maximum Gasteiger partial charge on any atom is 0.119 e. The van der Waals surface area contributed by atoms with Gasteiger partial charge in [0, 0.05) is 47.7 Å². The van der Waals surface area contributed by atoms with Crippen molar-refractivity contribution in [1.82, 2.24) is 19.8 Å². The van der Waals surface area contributed by atoms with E-state index in [1.807, 2.05) is 42.6 Å². The Balaban J connectivity index is 1.24. The molecule has 2 aromatic heterocycles. The minimum Gasteiger partial charge on any atom is -0.497 e. The van der Waals surface area contributed by atoms with Crippen LogP contribution < -0.4 is 4.74 Å². The summed E-state index contributed by atoms with van der Waals surface area (Å²) in [6, 6.07) is 16.1. The number of nitrogens with zero attached hydrogens (tertiary/aromatic N) is 4. The number of hydrogen-bond donors (Lipinski definition) is 2. The molecule has 8 unspecified atom stereocenters. The van der Waals surface area contributed by atoms with E-state index in [1.165, 1.54) is 0 Å². The highest BCUT2D eigenvalue weighted by Gasteiger charge is 2.44. The van der Waals surface area contributed by atoms with E-state index in [2.05, 4.69) is 47.2 Å². The van der Waals surface area contributed by atoms with Crippen molar-refractivity contribution in [3.63, 3.8) is 0 Å². The first-order valence-corrected chi connectivity index (χ1v) is 16.9. The number of hydrogen-bond acceptors (Lipinski definition) is 7. The van der Waals surface area contributed by atoms with Crippen molar-refractivity contribution in [2.45, 2.75) is 50.0 Å². The second kappa shape index (κ2) is 11.9. The summed E-state index contributed by atoms with van der Waals surface area (Å²) in [7, 11) is 1.67. The average Bonchev–Trinajstić information content (AvgIpc) is 3.13. The zero-order valence-electron chi connectivity index (χ0n) is 26.6. The predicted molar refractivity (Wildman–Crippen MR) is 182 cm³/mol. The van der Waals surface area contributed by atoms with E-state index >= 15 is 0 Å². The molecule has 0 amide bonds. The molecule has 6 aliphatic rings. The Morgan fingerprint density at radius 3 is 2.13 bits per heavy atom. The monoisotopic (exact) mass is 616 g/mol. The van der Waals surface area contributed by atoms with Gasteiger partial charge in [0.1, 0.15) is 5.75 Å². The first-order chi connectivity index (χ1) is 22.5. The third kappa shape index (κ3) is 4.87. The Kier molecular flexibility index (Phi) is 7.68. The molecule has 4 aromatic rings. The second-order valence-electron chi connectivity index (χ2n) is 14.0. The molecule has 6 fully saturated rings. The van der Waals surface area contributed by atoms with Gasteiger partial charge in [0.25, 0.3) is 0 Å². The molecule has 6 aliphatic heterocycles. The minimum atomic E-state index is -0.688. The number of methoxy groups -OCH3 is 1. The fourth-order valence-corrected chi connectivity index (χ4v) is 9.26. The molecule has 2 aromatic carbocycles. The summed E-state index contributed by atoms with van der Waals surface area (Å²) in [5.41, 5.74) is 5.08. The van der Waals surface area contributed by atoms with Gasteiger partial charge in [-0.15, -0.1) is 13.2 Å². The summed E-state index contributed by atoms with van der Waals surface area (Å²) in [5.74, 6) is 2.82. The van der Waals surface area contributed by atoms with Crippen LogP contribution in [0.2, 0.25) is 0 Å². The number of aromatic nitrogens is 2. The van der Waals surface area contributed by atoms with E-state index in [4.69, 9.17) is 14.7 Å². The molecule has 0 aliphatic carbocycles. The molecule has 8 heterocycles. The van der Waals surface area contributed by atoms with E-state index in [0.29, 0.717) is 23.7 Å². The molecule has 7 heteroatoms. The van der Waals surface area contributed by atoms with Crippen LogP contribution in [0.25, 0.3) is 33.1 Å². The molecule has 0 spiro atoms. The normalized spacial score (nSPS) is 31.5. The number of rotatable bonds is 8. The molecular weight excluding hydrogens is 572 g/mol. The Morgan fingerprint density at radius 2 is 1.52 bits per heavy atom. The number of pyridine rings is 2. The van der Waals surface area contributed by atoms with Gasteiger partial charge in [-0.25, -0.2) is 4.98 Å². The fourth-order valence-electron chi connectivity index (χ4n) is 9.26. The summed E-state index contributed by atoms with van der Waals surface area (Å²) in [4.78, 5) is 14.8. The van der Waals surface area contributed by atoms with Gasteiger partial charge < -0.3 is 14.9 Å². The molecular formula is C39H44N4O3. The van der Waals surface area contributed by atoms with Crippen LogP contribution >= 0.6 is 0 Å². The maximum absolute atomic E-state index is 12.2. The molecule has 238 valence electrons. The van der Waals surface area contributed by atoms with Gasteiger partial charge in [0.05, 0.1) is 36.0 Å². The summed E-state index contributed by atoms with van der Waals surface area (Å²) in [5, 5.41) is 26.1. The van der Waals surface area contributed by atoms with Crippen molar-refractivity contribution < 1.29 is 14.9 Å². The molecule has 0 radical (unpaired) electrons. The lowest BCUT2D eigenvalue weighted by Crippen LogP contribution is -2.54. The number of aliphatic hydroxyl groups excluding tert-OH is 2. The van der Waals surface area contributed by atoms with E-state index < -0.39 is 12.2 Å². The first kappa shape index (κ1) is 29.8. The molecule has 6 saturated heterocycles. The lowest BCUT2D eigenvalue weighted by molar-refractivity contribution is -0.0445. The van der Waals surface area contributed by atoms with Crippen LogP contribution in [-0.4, -0.2) is 75.4 Å². The molecule has 10 atom stereocenters. The van der Waals surface area contributed by atoms with Gasteiger partial charge in [-0.3, -0.25) is 14.8 Å². The predicted octanol–water partition coefficient (Wildman–Crippen LogP) is 6.32. The van der Waals surface area contributed by atoms with Gasteiger partial charge in [-0.05, 0) is 110 Å². The van der Waals surface area contributed by atoms with Crippen LogP contribution in [0.1, 0.15) is 49.0 Å². The first-order valence-electron chi connectivity index (χ1n) is 16.9. The average molecular weight is 617 g/mol. The molecule has 0 saturated carbocycles. The molecule has 10 rings (SSSR count). The topological polar surface area (TPSA) is 82.0 Å². The summed E-state index contributed by atoms with van der Waals surface area (Å²) in [6.45, 7) is 12.1. The highest BCUT2D eigenvalue weighted by molar-refractivity contribution is 5.98. The van der Waals surface area contributed by atoms with E-state index in [0.717, 1.165) is 102 Å². The van der Waals surface area contributed by atoms with E-state index in [-0.39, 0.29) is 12.1 Å². The molecule has 2 N–H and O–H groups in total. The molecule has 7 nitrogen and oxygen atoms in total. The number of benzene rings is 2. The zero-order chi connectivity index (χ0) is 31.5. The Bertz CT molecular complexity index is 1800. The Labute approximate surface area is 271 Å². The van der Waals surface area contributed by atoms with Crippen molar-refractivity contribution in [3.8, 4) is 17.0 Å². The van der Waals surface area contributed by atoms with E-state index in [1.54, 1.807) is 7.11 Å². The van der Waals surface area contributed by atoms with Gasteiger partial charge in [-0.2, -0.15) is 0 Å². The molecule has 4 bridgehead atoms. The van der Waals surface area contributed by atoms with Crippen molar-refractivity contribution in [3.05, 3.63) is 91.2 Å². The Morgan fingerprint density at radius 1 is 0.848 bits per heavy atom. The fraction of sp³-hybridized carbons (Fsp3) is 0.436. The van der Waals surface area contributed by atoms with Crippen LogP contribution in [-0.2, 0) is 0 Å². The third-order valence-electron chi connectivity index (χ3n) is 11.8. The zero-order valence-corrected chi connectivity index (χ0v) is 26.6. The largest absolute Gasteiger partial charge is 0.497 e.